The van der Waals surface area contributed by atoms with Crippen LogP contribution >= 0.6 is 0 Å². The Morgan fingerprint density at radius 3 is 2.58 bits per heavy atom. The number of pyridine rings is 1. The van der Waals surface area contributed by atoms with Gasteiger partial charge in [-0.2, -0.15) is 0 Å². The first-order chi connectivity index (χ1) is 17.5. The second-order valence-electron chi connectivity index (χ2n) is 10.3. The van der Waals surface area contributed by atoms with Gasteiger partial charge in [-0.05, 0) is 74.7 Å². The van der Waals surface area contributed by atoms with Crippen LogP contribution in [-0.4, -0.2) is 54.1 Å². The number of likely N-dealkylation sites (tertiary alicyclic amines) is 1. The standard InChI is InChI=1S/C29H31N7/c1-20(2)35-16-6-13-29(3,18-35)33-28-32-26(22-11-14-30-15-12-22)25(27-34-31-19-36(27)28)24-10-9-21-7-4-5-8-23(21)17-24/h4-5,7-12,14-15,17,19-20H,6,13,16,18H2,1-3H3,(H,32,33). The highest BCUT2D eigenvalue weighted by Gasteiger charge is 2.33. The monoisotopic (exact) mass is 477 g/mol. The Bertz CT molecular complexity index is 1530. The Hall–Kier alpha value is -3.84. The van der Waals surface area contributed by atoms with Gasteiger partial charge in [-0.3, -0.25) is 14.3 Å². The Labute approximate surface area is 211 Å². The van der Waals surface area contributed by atoms with Crippen molar-refractivity contribution in [2.24, 2.45) is 0 Å². The van der Waals surface area contributed by atoms with E-state index in [9.17, 15) is 0 Å². The number of hydrogen-bond acceptors (Lipinski definition) is 6. The highest BCUT2D eigenvalue weighted by Crippen LogP contribution is 2.37. The fraction of sp³-hybridized carbons (Fsp3) is 0.310. The predicted octanol–water partition coefficient (Wildman–Crippen LogP) is 5.68. The van der Waals surface area contributed by atoms with E-state index >= 15 is 0 Å². The highest BCUT2D eigenvalue weighted by atomic mass is 15.3. The Kier molecular flexibility index (Phi) is 5.64. The number of piperidine rings is 1. The Balaban J connectivity index is 1.53. The molecular formula is C29H31N7. The zero-order chi connectivity index (χ0) is 24.7. The number of anilines is 1. The maximum Gasteiger partial charge on any atom is 0.211 e. The molecule has 1 aliphatic rings. The number of aromatic nitrogens is 5. The lowest BCUT2D eigenvalue weighted by Gasteiger charge is -2.43. The third-order valence-corrected chi connectivity index (χ3v) is 7.32. The van der Waals surface area contributed by atoms with Crippen molar-refractivity contribution in [2.45, 2.75) is 45.2 Å². The van der Waals surface area contributed by atoms with Gasteiger partial charge in [0.25, 0.3) is 0 Å². The van der Waals surface area contributed by atoms with Gasteiger partial charge in [0, 0.05) is 30.5 Å². The molecule has 182 valence electrons. The first-order valence-corrected chi connectivity index (χ1v) is 12.7. The van der Waals surface area contributed by atoms with Crippen LogP contribution in [0.1, 0.15) is 33.6 Å². The summed E-state index contributed by atoms with van der Waals surface area (Å²) in [6.45, 7) is 8.92. The molecule has 0 spiro atoms. The summed E-state index contributed by atoms with van der Waals surface area (Å²) in [5.74, 6) is 0.763. The molecule has 1 unspecified atom stereocenters. The van der Waals surface area contributed by atoms with Crippen molar-refractivity contribution in [3.05, 3.63) is 73.3 Å². The van der Waals surface area contributed by atoms with Crippen LogP contribution in [-0.2, 0) is 0 Å². The summed E-state index contributed by atoms with van der Waals surface area (Å²) in [5.41, 5.74) is 4.58. The Morgan fingerprint density at radius 2 is 1.78 bits per heavy atom. The van der Waals surface area contributed by atoms with E-state index in [0.717, 1.165) is 59.9 Å². The van der Waals surface area contributed by atoms with Gasteiger partial charge in [-0.1, -0.05) is 36.4 Å². The summed E-state index contributed by atoms with van der Waals surface area (Å²) in [6.07, 6.45) is 7.62. The van der Waals surface area contributed by atoms with Gasteiger partial charge in [-0.15, -0.1) is 10.2 Å². The van der Waals surface area contributed by atoms with E-state index in [1.54, 1.807) is 6.33 Å². The fourth-order valence-corrected chi connectivity index (χ4v) is 5.39. The first kappa shape index (κ1) is 22.6. The minimum absolute atomic E-state index is 0.104. The lowest BCUT2D eigenvalue weighted by Crippen LogP contribution is -2.53. The fourth-order valence-electron chi connectivity index (χ4n) is 5.39. The summed E-state index contributed by atoms with van der Waals surface area (Å²) in [6, 6.07) is 19.4. The zero-order valence-electron chi connectivity index (χ0n) is 21.0. The predicted molar refractivity (Wildman–Crippen MR) is 145 cm³/mol. The quantitative estimate of drug-likeness (QED) is 0.351. The van der Waals surface area contributed by atoms with Crippen LogP contribution in [0.2, 0.25) is 0 Å². The van der Waals surface area contributed by atoms with Crippen LogP contribution in [0.4, 0.5) is 5.95 Å². The minimum atomic E-state index is -0.104. The summed E-state index contributed by atoms with van der Waals surface area (Å²) < 4.78 is 1.99. The maximum absolute atomic E-state index is 5.23. The van der Waals surface area contributed by atoms with Crippen LogP contribution in [0.15, 0.2) is 73.3 Å². The van der Waals surface area contributed by atoms with Gasteiger partial charge < -0.3 is 5.32 Å². The number of nitrogens with one attached hydrogen (secondary N) is 1. The molecule has 0 radical (unpaired) electrons. The van der Waals surface area contributed by atoms with Crippen molar-refractivity contribution in [1.29, 1.82) is 0 Å². The molecule has 5 aromatic rings. The summed E-state index contributed by atoms with van der Waals surface area (Å²) in [5, 5.41) is 15.1. The Morgan fingerprint density at radius 1 is 0.972 bits per heavy atom. The smallest absolute Gasteiger partial charge is 0.211 e. The summed E-state index contributed by atoms with van der Waals surface area (Å²) in [7, 11) is 0. The average molecular weight is 478 g/mol. The lowest BCUT2D eigenvalue weighted by atomic mass is 9.90. The van der Waals surface area contributed by atoms with E-state index in [1.165, 1.54) is 10.8 Å². The molecular weight excluding hydrogens is 446 g/mol. The maximum atomic E-state index is 5.23. The molecule has 2 aromatic carbocycles. The number of nitrogens with zero attached hydrogens (tertiary/aromatic N) is 6. The van der Waals surface area contributed by atoms with E-state index in [1.807, 2.05) is 28.9 Å². The molecule has 0 amide bonds. The molecule has 1 atom stereocenters. The number of hydrogen-bond donors (Lipinski definition) is 1. The van der Waals surface area contributed by atoms with E-state index in [4.69, 9.17) is 4.98 Å². The number of rotatable bonds is 5. The van der Waals surface area contributed by atoms with Crippen molar-refractivity contribution >= 4 is 22.4 Å². The van der Waals surface area contributed by atoms with Gasteiger partial charge in [-0.25, -0.2) is 4.98 Å². The SMILES string of the molecule is CC(C)N1CCCC(C)(Nc2nc(-c3ccncc3)c(-c3ccc4ccccc4c3)c3nncn23)C1. The molecule has 0 aliphatic carbocycles. The normalized spacial score (nSPS) is 18.8. The molecule has 3 aromatic heterocycles. The molecule has 4 heterocycles. The average Bonchev–Trinajstić information content (AvgIpc) is 3.39. The summed E-state index contributed by atoms with van der Waals surface area (Å²) in [4.78, 5) is 12.0. The third kappa shape index (κ3) is 4.09. The molecule has 0 saturated carbocycles. The molecule has 36 heavy (non-hydrogen) atoms. The molecule has 6 rings (SSSR count). The van der Waals surface area contributed by atoms with Crippen LogP contribution in [0.25, 0.3) is 38.8 Å². The van der Waals surface area contributed by atoms with Crippen LogP contribution < -0.4 is 5.32 Å². The zero-order valence-corrected chi connectivity index (χ0v) is 21.0. The highest BCUT2D eigenvalue weighted by molar-refractivity contribution is 5.95. The minimum Gasteiger partial charge on any atom is -0.349 e. The number of benzene rings is 2. The van der Waals surface area contributed by atoms with Crippen LogP contribution in [0, 0.1) is 0 Å². The van der Waals surface area contributed by atoms with Gasteiger partial charge in [0.15, 0.2) is 5.65 Å². The van der Waals surface area contributed by atoms with Crippen LogP contribution in [0.3, 0.4) is 0 Å². The van der Waals surface area contributed by atoms with Crippen molar-refractivity contribution in [1.82, 2.24) is 29.5 Å². The van der Waals surface area contributed by atoms with Crippen molar-refractivity contribution < 1.29 is 0 Å². The topological polar surface area (TPSA) is 71.2 Å². The molecule has 1 saturated heterocycles. The van der Waals surface area contributed by atoms with E-state index in [2.05, 4.69) is 88.6 Å². The van der Waals surface area contributed by atoms with Gasteiger partial charge in [0.2, 0.25) is 5.95 Å². The van der Waals surface area contributed by atoms with Gasteiger partial charge in [0.05, 0.1) is 16.8 Å². The van der Waals surface area contributed by atoms with Crippen LogP contribution in [0.5, 0.6) is 0 Å². The molecule has 7 heteroatoms. The third-order valence-electron chi connectivity index (χ3n) is 7.32. The molecule has 1 aliphatic heterocycles. The van der Waals surface area contributed by atoms with Crippen molar-refractivity contribution in [2.75, 3.05) is 18.4 Å². The van der Waals surface area contributed by atoms with Gasteiger partial charge in [0.1, 0.15) is 6.33 Å². The first-order valence-electron chi connectivity index (χ1n) is 12.7. The summed E-state index contributed by atoms with van der Waals surface area (Å²) >= 11 is 0. The molecule has 1 fully saturated rings. The van der Waals surface area contributed by atoms with Gasteiger partial charge >= 0.3 is 0 Å². The molecule has 1 N–H and O–H groups in total. The molecule has 7 nitrogen and oxygen atoms in total. The van der Waals surface area contributed by atoms with Crippen molar-refractivity contribution in [3.8, 4) is 22.4 Å². The van der Waals surface area contributed by atoms with E-state index in [-0.39, 0.29) is 5.54 Å². The second kappa shape index (κ2) is 8.99. The van der Waals surface area contributed by atoms with Crippen molar-refractivity contribution in [3.63, 3.8) is 0 Å². The second-order valence-corrected chi connectivity index (χ2v) is 10.3. The molecule has 0 bridgehead atoms. The van der Waals surface area contributed by atoms with E-state index < -0.39 is 0 Å². The largest absolute Gasteiger partial charge is 0.349 e. The number of fused-ring (bicyclic) bond motifs is 2. The van der Waals surface area contributed by atoms with E-state index in [0.29, 0.717) is 6.04 Å². The lowest BCUT2D eigenvalue weighted by molar-refractivity contribution is 0.137.